The molecule has 0 atom stereocenters. The molecule has 0 saturated carbocycles. The number of nitrogens with one attached hydrogen (secondary N) is 2. The predicted molar refractivity (Wildman–Crippen MR) is 123 cm³/mol. The van der Waals surface area contributed by atoms with Gasteiger partial charge in [-0.2, -0.15) is 5.26 Å². The Balaban J connectivity index is 1.92. The van der Waals surface area contributed by atoms with Gasteiger partial charge >= 0.3 is 0 Å². The van der Waals surface area contributed by atoms with Crippen LogP contribution in [0, 0.1) is 17.1 Å². The van der Waals surface area contributed by atoms with Crippen molar-refractivity contribution in [3.05, 3.63) is 69.1 Å². The summed E-state index contributed by atoms with van der Waals surface area (Å²) < 4.78 is 20.2. The second-order valence-electron chi connectivity index (χ2n) is 7.63. The van der Waals surface area contributed by atoms with Crippen molar-refractivity contribution in [2.24, 2.45) is 0 Å². The van der Waals surface area contributed by atoms with E-state index >= 15 is 0 Å². The number of halogens is 1. The molecule has 2 aromatic heterocycles. The number of benzene rings is 1. The number of pyridine rings is 2. The largest absolute Gasteiger partial charge is 0.505 e. The van der Waals surface area contributed by atoms with Crippen LogP contribution < -0.4 is 20.9 Å². The Morgan fingerprint density at radius 2 is 1.97 bits per heavy atom. The number of carbonyl (C=O) groups excluding carboxylic acids is 2. The highest BCUT2D eigenvalue weighted by molar-refractivity contribution is 6.04. The molecule has 0 spiro atoms. The Labute approximate surface area is 198 Å². The summed E-state index contributed by atoms with van der Waals surface area (Å²) in [6.45, 7) is 2.00. The van der Waals surface area contributed by atoms with Crippen LogP contribution in [0.1, 0.15) is 34.8 Å². The van der Waals surface area contributed by atoms with E-state index < -0.39 is 34.5 Å². The van der Waals surface area contributed by atoms with E-state index in [2.05, 4.69) is 15.6 Å². The highest BCUT2D eigenvalue weighted by atomic mass is 19.1. The second kappa shape index (κ2) is 9.64. The molecule has 178 valence electrons. The highest BCUT2D eigenvalue weighted by Gasteiger charge is 2.30. The number of nitrogens with zero attached hydrogens (tertiary/aromatic N) is 3. The third-order valence-electron chi connectivity index (χ3n) is 5.29. The van der Waals surface area contributed by atoms with E-state index in [4.69, 9.17) is 10.00 Å². The van der Waals surface area contributed by atoms with Gasteiger partial charge < -0.3 is 20.5 Å². The summed E-state index contributed by atoms with van der Waals surface area (Å²) in [6.07, 6.45) is 2.77. The van der Waals surface area contributed by atoms with Gasteiger partial charge in [0.1, 0.15) is 22.4 Å². The third kappa shape index (κ3) is 4.41. The maximum absolute atomic E-state index is 13.3. The van der Waals surface area contributed by atoms with E-state index in [0.29, 0.717) is 17.7 Å². The molecule has 11 heteroatoms. The molecule has 2 amide bonds. The smallest absolute Gasteiger partial charge is 0.288 e. The lowest BCUT2D eigenvalue weighted by molar-refractivity contribution is -0.119. The SMILES string of the molecule is CCNC(=O)C1=Cn2c(=O)c(C(=O)NCCC#N)c(O)c3ncc(Cc4ccc(F)cc4)c(c32)O1. The molecule has 0 radical (unpaired) electrons. The van der Waals surface area contributed by atoms with Crippen LogP contribution in [-0.2, 0) is 11.2 Å². The molecule has 3 N–H and O–H groups in total. The molecule has 1 aliphatic rings. The van der Waals surface area contributed by atoms with E-state index in [9.17, 15) is 23.9 Å². The molecule has 1 aromatic carbocycles. The van der Waals surface area contributed by atoms with E-state index in [1.807, 2.05) is 6.07 Å². The summed E-state index contributed by atoms with van der Waals surface area (Å²) in [5, 5.41) is 24.5. The molecule has 3 heterocycles. The van der Waals surface area contributed by atoms with Crippen LogP contribution >= 0.6 is 0 Å². The fourth-order valence-corrected chi connectivity index (χ4v) is 3.68. The number of hydrogen-bond acceptors (Lipinski definition) is 7. The zero-order valence-electron chi connectivity index (χ0n) is 18.6. The zero-order valence-corrected chi connectivity index (χ0v) is 18.6. The Morgan fingerprint density at radius 1 is 1.23 bits per heavy atom. The Hall–Kier alpha value is -4.72. The number of aromatic nitrogens is 2. The lowest BCUT2D eigenvalue weighted by Crippen LogP contribution is -2.35. The number of rotatable bonds is 7. The van der Waals surface area contributed by atoms with Gasteiger partial charge in [0, 0.05) is 31.3 Å². The molecule has 3 aromatic rings. The first-order valence-corrected chi connectivity index (χ1v) is 10.7. The normalized spacial score (nSPS) is 11.9. The van der Waals surface area contributed by atoms with Crippen LogP contribution in [0.2, 0.25) is 0 Å². The van der Waals surface area contributed by atoms with E-state index in [-0.39, 0.29) is 41.9 Å². The second-order valence-corrected chi connectivity index (χ2v) is 7.63. The van der Waals surface area contributed by atoms with Crippen molar-refractivity contribution >= 4 is 29.0 Å². The molecule has 0 saturated heterocycles. The number of carbonyl (C=O) groups is 2. The molecular formula is C24H20FN5O5. The molecular weight excluding hydrogens is 457 g/mol. The minimum absolute atomic E-state index is 0.0124. The van der Waals surface area contributed by atoms with Gasteiger partial charge in [-0.1, -0.05) is 12.1 Å². The van der Waals surface area contributed by atoms with Crippen molar-refractivity contribution in [3.8, 4) is 17.6 Å². The van der Waals surface area contributed by atoms with Crippen molar-refractivity contribution in [2.75, 3.05) is 13.1 Å². The van der Waals surface area contributed by atoms with Crippen molar-refractivity contribution in [3.63, 3.8) is 0 Å². The van der Waals surface area contributed by atoms with Gasteiger partial charge in [0.05, 0.1) is 18.7 Å². The highest BCUT2D eigenvalue weighted by Crippen LogP contribution is 2.38. The van der Waals surface area contributed by atoms with Crippen LogP contribution in [0.5, 0.6) is 11.5 Å². The number of likely N-dealkylation sites (N-methyl/N-ethyl adjacent to an activating group) is 1. The number of hydrogen-bond donors (Lipinski definition) is 3. The fourth-order valence-electron chi connectivity index (χ4n) is 3.68. The third-order valence-corrected chi connectivity index (χ3v) is 5.29. The number of nitriles is 1. The summed E-state index contributed by atoms with van der Waals surface area (Å²) in [6, 6.07) is 7.63. The first-order valence-electron chi connectivity index (χ1n) is 10.7. The monoisotopic (exact) mass is 477 g/mol. The van der Waals surface area contributed by atoms with Crippen molar-refractivity contribution in [2.45, 2.75) is 19.8 Å². The van der Waals surface area contributed by atoms with Crippen LogP contribution in [0.25, 0.3) is 17.2 Å². The first kappa shape index (κ1) is 23.4. The standard InChI is InChI=1S/C24H20FN5O5/c1-2-27-22(32)16-12-30-19-18(20(31)17(24(30)34)23(33)28-9-3-8-26)29-11-14(21(19)35-16)10-13-4-6-15(25)7-5-13/h4-7,11-12,31H,2-3,9-10H2,1H3,(H,27,32)(H,28,33). The number of ether oxygens (including phenoxy) is 1. The van der Waals surface area contributed by atoms with E-state index in [1.54, 1.807) is 19.1 Å². The first-order chi connectivity index (χ1) is 16.8. The van der Waals surface area contributed by atoms with Crippen LogP contribution in [0.3, 0.4) is 0 Å². The maximum Gasteiger partial charge on any atom is 0.288 e. The lowest BCUT2D eigenvalue weighted by atomic mass is 10.0. The summed E-state index contributed by atoms with van der Waals surface area (Å²) >= 11 is 0. The summed E-state index contributed by atoms with van der Waals surface area (Å²) in [7, 11) is 0. The van der Waals surface area contributed by atoms with Crippen molar-refractivity contribution < 1.29 is 23.8 Å². The molecule has 0 aliphatic carbocycles. The van der Waals surface area contributed by atoms with E-state index in [0.717, 1.165) is 10.8 Å². The average Bonchev–Trinajstić information content (AvgIpc) is 2.84. The molecule has 0 fully saturated rings. The fraction of sp³-hybridized carbons (Fsp3) is 0.208. The molecule has 35 heavy (non-hydrogen) atoms. The molecule has 0 bridgehead atoms. The average molecular weight is 477 g/mol. The lowest BCUT2D eigenvalue weighted by Gasteiger charge is -2.22. The quantitative estimate of drug-likeness (QED) is 0.440. The summed E-state index contributed by atoms with van der Waals surface area (Å²) in [4.78, 5) is 42.8. The van der Waals surface area contributed by atoms with Gasteiger partial charge in [-0.05, 0) is 24.6 Å². The summed E-state index contributed by atoms with van der Waals surface area (Å²) in [5.41, 5.74) is -0.288. The molecule has 10 nitrogen and oxygen atoms in total. The van der Waals surface area contributed by atoms with Gasteiger partial charge in [-0.25, -0.2) is 4.39 Å². The Bertz CT molecular complexity index is 1470. The number of aromatic hydroxyl groups is 1. The van der Waals surface area contributed by atoms with Crippen LogP contribution in [-0.4, -0.2) is 39.6 Å². The van der Waals surface area contributed by atoms with Crippen molar-refractivity contribution in [1.82, 2.24) is 20.2 Å². The zero-order chi connectivity index (χ0) is 25.1. The van der Waals surface area contributed by atoms with Crippen molar-refractivity contribution in [1.29, 1.82) is 5.26 Å². The van der Waals surface area contributed by atoms with E-state index in [1.165, 1.54) is 18.3 Å². The van der Waals surface area contributed by atoms with Gasteiger partial charge in [0.25, 0.3) is 17.4 Å². The Kier molecular flexibility index (Phi) is 6.46. The summed E-state index contributed by atoms with van der Waals surface area (Å²) in [5.74, 6) is -2.61. The molecule has 1 aliphatic heterocycles. The van der Waals surface area contributed by atoms with Gasteiger partial charge in [0.15, 0.2) is 11.5 Å². The molecule has 4 rings (SSSR count). The maximum atomic E-state index is 13.3. The van der Waals surface area contributed by atoms with Gasteiger partial charge in [-0.15, -0.1) is 0 Å². The van der Waals surface area contributed by atoms with Gasteiger partial charge in [0.2, 0.25) is 5.76 Å². The number of amides is 2. The minimum atomic E-state index is -0.892. The molecule has 0 unspecified atom stereocenters. The Morgan fingerprint density at radius 3 is 2.66 bits per heavy atom. The van der Waals surface area contributed by atoms with Crippen LogP contribution in [0.4, 0.5) is 4.39 Å². The predicted octanol–water partition coefficient (Wildman–Crippen LogP) is 1.80. The van der Waals surface area contributed by atoms with Gasteiger partial charge in [-0.3, -0.25) is 23.9 Å². The minimum Gasteiger partial charge on any atom is -0.505 e. The van der Waals surface area contributed by atoms with Crippen LogP contribution in [0.15, 0.2) is 41.0 Å². The topological polar surface area (TPSA) is 146 Å².